The molecule has 0 saturated carbocycles. The second kappa shape index (κ2) is 9.66. The summed E-state index contributed by atoms with van der Waals surface area (Å²) in [6.07, 6.45) is 0.218. The molecule has 11 nitrogen and oxygen atoms in total. The van der Waals surface area contributed by atoms with Crippen LogP contribution in [-0.2, 0) is 27.5 Å². The lowest BCUT2D eigenvalue weighted by molar-refractivity contribution is -0.137. The van der Waals surface area contributed by atoms with E-state index in [1.165, 1.54) is 0 Å². The number of nitrogens with one attached hydrogen (secondary N) is 2. The van der Waals surface area contributed by atoms with E-state index < -0.39 is 65.7 Å². The Hall–Kier alpha value is -4.67. The minimum atomic E-state index is -1.98. The highest BCUT2D eigenvalue weighted by molar-refractivity contribution is 6.06. The number of imide groups is 1. The predicted octanol–water partition coefficient (Wildman–Crippen LogP) is 1.05. The van der Waals surface area contributed by atoms with E-state index in [1.54, 1.807) is 0 Å². The number of hydrogen-bond donors (Lipinski definition) is 4. The molecule has 2 fully saturated rings. The number of nitrogens with zero attached hydrogens (tertiary/aromatic N) is 2. The largest absolute Gasteiger partial charge is 0.398 e. The number of nitrogens with two attached hydrogens (primary N) is 2. The first-order valence-corrected chi connectivity index (χ1v) is 11.6. The van der Waals surface area contributed by atoms with Gasteiger partial charge in [0.05, 0.1) is 11.0 Å². The van der Waals surface area contributed by atoms with Gasteiger partial charge in [-0.25, -0.2) is 0 Å². The van der Waals surface area contributed by atoms with E-state index in [1.807, 2.05) is 5.32 Å². The molecule has 0 unspecified atom stereocenters. The summed E-state index contributed by atoms with van der Waals surface area (Å²) in [5.41, 5.74) is 12.1. The van der Waals surface area contributed by atoms with Gasteiger partial charge in [0.2, 0.25) is 17.7 Å². The van der Waals surface area contributed by atoms with Gasteiger partial charge in [-0.2, -0.15) is 0 Å². The number of rotatable bonds is 2. The molecule has 2 aromatic carbocycles. The quantitative estimate of drug-likeness (QED) is 0.336. The molecule has 11 heteroatoms. The van der Waals surface area contributed by atoms with Gasteiger partial charge in [0.1, 0.15) is 12.0 Å². The van der Waals surface area contributed by atoms with Crippen molar-refractivity contribution in [3.05, 3.63) is 70.8 Å². The van der Waals surface area contributed by atoms with Crippen LogP contribution in [0.1, 0.15) is 68.5 Å². The number of amides is 5. The van der Waals surface area contributed by atoms with Crippen LogP contribution in [0.5, 0.6) is 0 Å². The molecular weight excluding hydrogens is 488 g/mol. The van der Waals surface area contributed by atoms with Crippen molar-refractivity contribution in [3.8, 4) is 0 Å². The SMILES string of the molecule is [2H]c1c([2H])c(N)c2c(c1[2H])C(=O)N([C@@]1([2H])CCC(=O)NC1=O)C2.[2H]c1c([2H])c(N)c2c(c1[2H])C(=O)N([C@]1([2H])CCC(=C)NC1=O)C2. The second-order valence-electron chi connectivity index (χ2n) is 8.90. The van der Waals surface area contributed by atoms with Crippen LogP contribution in [-0.4, -0.2) is 51.4 Å². The molecule has 2 aromatic rings. The van der Waals surface area contributed by atoms with Gasteiger partial charge in [-0.05, 0) is 43.4 Å². The molecule has 5 amide bonds. The topological polar surface area (TPSA) is 168 Å². The first-order valence-electron chi connectivity index (χ1n) is 15.6. The zero-order chi connectivity index (χ0) is 34.2. The summed E-state index contributed by atoms with van der Waals surface area (Å²) in [7, 11) is 0. The number of benzene rings is 2. The van der Waals surface area contributed by atoms with Crippen molar-refractivity contribution in [1.82, 2.24) is 20.4 Å². The molecule has 38 heavy (non-hydrogen) atoms. The molecule has 4 aliphatic heterocycles. The number of piperidine rings is 2. The molecule has 2 atom stereocenters. The van der Waals surface area contributed by atoms with Crippen LogP contribution in [0.4, 0.5) is 11.4 Å². The lowest BCUT2D eigenvalue weighted by Crippen LogP contribution is -2.52. The van der Waals surface area contributed by atoms with E-state index in [4.69, 9.17) is 22.4 Å². The summed E-state index contributed by atoms with van der Waals surface area (Å²) in [4.78, 5) is 62.7. The van der Waals surface area contributed by atoms with Gasteiger partial charge in [-0.15, -0.1) is 0 Å². The lowest BCUT2D eigenvalue weighted by Gasteiger charge is -2.30. The van der Waals surface area contributed by atoms with Crippen molar-refractivity contribution in [2.45, 2.75) is 50.8 Å². The maximum absolute atomic E-state index is 12.6. The van der Waals surface area contributed by atoms with Gasteiger partial charge in [0, 0.05) is 58.8 Å². The maximum Gasteiger partial charge on any atom is 0.255 e. The first kappa shape index (κ1) is 17.0. The van der Waals surface area contributed by atoms with Gasteiger partial charge >= 0.3 is 0 Å². The number of nitrogen functional groups attached to an aromatic ring is 2. The Morgan fingerprint density at radius 1 is 0.789 bits per heavy atom. The van der Waals surface area contributed by atoms with Gasteiger partial charge in [-0.1, -0.05) is 18.7 Å². The normalized spacial score (nSPS) is 29.3. The smallest absolute Gasteiger partial charge is 0.255 e. The summed E-state index contributed by atoms with van der Waals surface area (Å²) >= 11 is 0. The zero-order valence-electron chi connectivity index (χ0n) is 28.0. The molecule has 0 spiro atoms. The third-order valence-electron chi connectivity index (χ3n) is 6.55. The van der Waals surface area contributed by atoms with Gasteiger partial charge in [-0.3, -0.25) is 29.3 Å². The highest BCUT2D eigenvalue weighted by atomic mass is 16.2. The van der Waals surface area contributed by atoms with Gasteiger partial charge < -0.3 is 26.6 Å². The predicted molar refractivity (Wildman–Crippen MR) is 138 cm³/mol. The van der Waals surface area contributed by atoms with E-state index in [0.717, 1.165) is 9.80 Å². The van der Waals surface area contributed by atoms with Crippen LogP contribution in [0, 0.1) is 0 Å². The molecule has 0 aliphatic carbocycles. The Bertz CT molecular complexity index is 1690. The van der Waals surface area contributed by atoms with Crippen molar-refractivity contribution in [1.29, 1.82) is 0 Å². The number of hydrogen-bond acceptors (Lipinski definition) is 7. The Morgan fingerprint density at radius 2 is 1.26 bits per heavy atom. The zero-order valence-corrected chi connectivity index (χ0v) is 20.0. The molecule has 4 aliphatic rings. The van der Waals surface area contributed by atoms with Crippen LogP contribution < -0.4 is 22.1 Å². The van der Waals surface area contributed by atoms with Crippen molar-refractivity contribution in [3.63, 3.8) is 0 Å². The summed E-state index contributed by atoms with van der Waals surface area (Å²) in [6, 6.07) is -6.21. The highest BCUT2D eigenvalue weighted by Gasteiger charge is 2.40. The van der Waals surface area contributed by atoms with E-state index in [-0.39, 0.29) is 78.1 Å². The number of anilines is 2. The van der Waals surface area contributed by atoms with Gasteiger partial charge in [0.15, 0.2) is 0 Å². The highest BCUT2D eigenvalue weighted by Crippen LogP contribution is 2.32. The summed E-state index contributed by atoms with van der Waals surface area (Å²) < 4.78 is 63.3. The average molecular weight is 525 g/mol. The van der Waals surface area contributed by atoms with Crippen molar-refractivity contribution in [2.75, 3.05) is 11.5 Å². The van der Waals surface area contributed by atoms with Crippen molar-refractivity contribution >= 4 is 40.9 Å². The fourth-order valence-corrected chi connectivity index (χ4v) is 4.55. The Kier molecular flexibility index (Phi) is 4.31. The summed E-state index contributed by atoms with van der Waals surface area (Å²) in [6.45, 7) is 3.32. The monoisotopic (exact) mass is 524 g/mol. The van der Waals surface area contributed by atoms with E-state index in [2.05, 4.69) is 11.9 Å². The average Bonchev–Trinajstić information content (AvgIpc) is 3.55. The maximum atomic E-state index is 12.6. The van der Waals surface area contributed by atoms with Crippen LogP contribution in [0.15, 0.2) is 48.5 Å². The molecule has 4 heterocycles. The number of carbonyl (C=O) groups is 5. The molecular formula is C27H28N6O5. The van der Waals surface area contributed by atoms with E-state index in [0.29, 0.717) is 12.1 Å². The minimum absolute atomic E-state index is 0.0546. The number of fused-ring (bicyclic) bond motifs is 2. The second-order valence-corrected chi connectivity index (χ2v) is 8.90. The Morgan fingerprint density at radius 3 is 1.74 bits per heavy atom. The van der Waals surface area contributed by atoms with Gasteiger partial charge in [0.25, 0.3) is 11.8 Å². The molecule has 0 radical (unpaired) electrons. The summed E-state index contributed by atoms with van der Waals surface area (Å²) in [5, 5.41) is 4.51. The van der Waals surface area contributed by atoms with Crippen LogP contribution in [0.2, 0.25) is 0 Å². The molecule has 0 bridgehead atoms. The Balaban J connectivity index is 0.000000181. The standard InChI is InChI=1S/C14H15N3O2.C13H13N3O3/c1-8-5-6-12(13(18)16-8)17-7-10-9(14(17)19)3-2-4-11(10)15;14-9-3-1-2-7-8(9)6-16(13(7)19)10-4-5-11(17)15-12(10)18/h2-4,12H,1,5-7,15H2,(H,16,18);1-3,10H,4-6,14H2,(H,15,17,18)/t12-;10-/m10/s1/i2D,3D,4D,12D;1D,2D,3D,10D. The summed E-state index contributed by atoms with van der Waals surface area (Å²) in [5.74, 6) is -3.51. The van der Waals surface area contributed by atoms with Crippen LogP contribution >= 0.6 is 0 Å². The van der Waals surface area contributed by atoms with E-state index in [9.17, 15) is 24.0 Å². The fourth-order valence-electron chi connectivity index (χ4n) is 4.55. The molecule has 0 aromatic heterocycles. The van der Waals surface area contributed by atoms with Crippen LogP contribution in [0.25, 0.3) is 0 Å². The van der Waals surface area contributed by atoms with Crippen LogP contribution in [0.3, 0.4) is 0 Å². The minimum Gasteiger partial charge on any atom is -0.398 e. The van der Waals surface area contributed by atoms with E-state index >= 15 is 0 Å². The fraction of sp³-hybridized carbons (Fsp3) is 0.296. The Labute approximate surface area is 230 Å². The number of carbonyl (C=O) groups excluding carboxylic acids is 5. The third-order valence-corrected chi connectivity index (χ3v) is 6.55. The molecule has 6 N–H and O–H groups in total. The third kappa shape index (κ3) is 4.36. The molecule has 2 saturated heterocycles. The number of allylic oxidation sites excluding steroid dienone is 1. The van der Waals surface area contributed by atoms with Crippen molar-refractivity contribution < 1.29 is 34.9 Å². The van der Waals surface area contributed by atoms with Crippen molar-refractivity contribution in [2.24, 2.45) is 0 Å². The lowest BCUT2D eigenvalue weighted by atomic mass is 10.0. The molecule has 6 rings (SSSR count). The molecule has 196 valence electrons. The first-order chi connectivity index (χ1) is 21.4.